The lowest BCUT2D eigenvalue weighted by Crippen LogP contribution is -2.43. The number of nitrogens with one attached hydrogen (secondary N) is 1. The van der Waals surface area contributed by atoms with Gasteiger partial charge in [0.15, 0.2) is 5.69 Å². The van der Waals surface area contributed by atoms with E-state index in [1.807, 2.05) is 13.8 Å². The number of carbonyl (C=O) groups is 1. The number of aromatic nitrogens is 3. The summed E-state index contributed by atoms with van der Waals surface area (Å²) in [5, 5.41) is 0.370. The first-order chi connectivity index (χ1) is 13.8. The Hall–Kier alpha value is -2.53. The number of methoxy groups -OCH3 is 1. The topological polar surface area (TPSA) is 136 Å². The smallest absolute Gasteiger partial charge is 0.330 e. The molecule has 0 aromatic carbocycles. The van der Waals surface area contributed by atoms with E-state index in [9.17, 15) is 14.4 Å². The van der Waals surface area contributed by atoms with Crippen LogP contribution in [0.4, 0.5) is 11.5 Å². The number of thioether (sulfide) groups is 1. The number of H-pyrrole nitrogens is 1. The largest absolute Gasteiger partial charge is 0.437 e. The van der Waals surface area contributed by atoms with E-state index in [1.165, 1.54) is 16.6 Å². The third-order valence-electron chi connectivity index (χ3n) is 4.37. The Kier molecular flexibility index (Phi) is 8.09. The van der Waals surface area contributed by atoms with E-state index in [0.29, 0.717) is 23.9 Å². The van der Waals surface area contributed by atoms with Gasteiger partial charge in [0.05, 0.1) is 18.1 Å². The summed E-state index contributed by atoms with van der Waals surface area (Å²) in [6.45, 7) is 6.24. The molecule has 2 heterocycles. The highest BCUT2D eigenvalue weighted by molar-refractivity contribution is 7.99. The van der Waals surface area contributed by atoms with E-state index in [1.54, 1.807) is 6.92 Å². The highest BCUT2D eigenvalue weighted by Gasteiger charge is 2.24. The molecule has 0 aliphatic carbocycles. The number of amides is 1. The lowest BCUT2D eigenvalue weighted by atomic mass is 10.3. The van der Waals surface area contributed by atoms with Crippen molar-refractivity contribution in [1.82, 2.24) is 14.5 Å². The molecule has 0 fully saturated rings. The van der Waals surface area contributed by atoms with Crippen LogP contribution < -0.4 is 21.9 Å². The normalized spacial score (nSPS) is 11.0. The Morgan fingerprint density at radius 3 is 2.69 bits per heavy atom. The molecule has 160 valence electrons. The van der Waals surface area contributed by atoms with Crippen molar-refractivity contribution in [1.29, 1.82) is 0 Å². The quantitative estimate of drug-likeness (QED) is 0.544. The zero-order valence-corrected chi connectivity index (χ0v) is 17.9. The van der Waals surface area contributed by atoms with Crippen LogP contribution >= 0.6 is 11.8 Å². The molecule has 0 radical (unpaired) electrons. The van der Waals surface area contributed by atoms with E-state index in [4.69, 9.17) is 14.9 Å². The summed E-state index contributed by atoms with van der Waals surface area (Å²) in [6.07, 6.45) is 1.55. The number of aryl methyl sites for hydroxylation is 2. The summed E-state index contributed by atoms with van der Waals surface area (Å²) in [4.78, 5) is 45.3. The molecule has 0 saturated heterocycles. The van der Waals surface area contributed by atoms with Crippen LogP contribution in [0.15, 0.2) is 19.2 Å². The van der Waals surface area contributed by atoms with E-state index in [2.05, 4.69) is 9.97 Å². The van der Waals surface area contributed by atoms with Crippen molar-refractivity contribution in [3.63, 3.8) is 0 Å². The lowest BCUT2D eigenvalue weighted by Gasteiger charge is -2.24. The summed E-state index contributed by atoms with van der Waals surface area (Å²) < 4.78 is 11.8. The Bertz CT molecular complexity index is 945. The van der Waals surface area contributed by atoms with Gasteiger partial charge in [0.25, 0.3) is 10.8 Å². The van der Waals surface area contributed by atoms with Crippen LogP contribution in [0.3, 0.4) is 0 Å². The maximum atomic E-state index is 12.9. The molecule has 0 aliphatic rings. The molecule has 2 aromatic rings. The fourth-order valence-electron chi connectivity index (χ4n) is 2.63. The van der Waals surface area contributed by atoms with Gasteiger partial charge in [-0.15, -0.1) is 0 Å². The van der Waals surface area contributed by atoms with Gasteiger partial charge in [-0.2, -0.15) is 0 Å². The van der Waals surface area contributed by atoms with Gasteiger partial charge in [0, 0.05) is 20.2 Å². The predicted octanol–water partition coefficient (Wildman–Crippen LogP) is 1.30. The van der Waals surface area contributed by atoms with Crippen molar-refractivity contribution in [3.05, 3.63) is 32.3 Å². The second-order valence-electron chi connectivity index (χ2n) is 6.45. The molecule has 0 bridgehead atoms. The third kappa shape index (κ3) is 5.51. The van der Waals surface area contributed by atoms with Crippen molar-refractivity contribution in [2.75, 3.05) is 36.6 Å². The number of hydrogen-bond donors (Lipinski definition) is 2. The van der Waals surface area contributed by atoms with Crippen molar-refractivity contribution < 1.29 is 13.9 Å². The first-order valence-corrected chi connectivity index (χ1v) is 10.3. The van der Waals surface area contributed by atoms with E-state index < -0.39 is 11.2 Å². The lowest BCUT2D eigenvalue weighted by molar-refractivity contribution is -0.116. The average Bonchev–Trinajstić information content (AvgIpc) is 2.99. The Labute approximate surface area is 172 Å². The number of nitrogens with zero attached hydrogens (tertiary/aromatic N) is 3. The number of oxazole rings is 1. The summed E-state index contributed by atoms with van der Waals surface area (Å²) in [7, 11) is 1.49. The SMILES string of the molecule is CCCCn1c(N)c(N(CCOC)C(=O)CSc2nc(C)c(C)o2)c(=O)[nH]c1=O. The molecule has 0 atom stereocenters. The van der Waals surface area contributed by atoms with Crippen molar-refractivity contribution >= 4 is 29.2 Å². The van der Waals surface area contributed by atoms with Crippen LogP contribution in [0.25, 0.3) is 0 Å². The molecule has 10 nitrogen and oxygen atoms in total. The molecule has 0 spiro atoms. The average molecular weight is 426 g/mol. The minimum absolute atomic E-state index is 0.0178. The molecule has 2 aromatic heterocycles. The molecule has 2 rings (SSSR count). The molecule has 0 saturated carbocycles. The van der Waals surface area contributed by atoms with E-state index in [0.717, 1.165) is 23.9 Å². The van der Waals surface area contributed by atoms with E-state index >= 15 is 0 Å². The fraction of sp³-hybridized carbons (Fsp3) is 0.556. The minimum atomic E-state index is -0.711. The highest BCUT2D eigenvalue weighted by Crippen LogP contribution is 2.23. The number of rotatable bonds is 10. The molecular formula is C18H27N5O5S. The Balaban J connectivity index is 2.34. The molecule has 0 aliphatic heterocycles. The predicted molar refractivity (Wildman–Crippen MR) is 112 cm³/mol. The highest BCUT2D eigenvalue weighted by atomic mass is 32.2. The van der Waals surface area contributed by atoms with Gasteiger partial charge >= 0.3 is 5.69 Å². The van der Waals surface area contributed by atoms with Gasteiger partial charge in [0.1, 0.15) is 11.6 Å². The molecular weight excluding hydrogens is 398 g/mol. The van der Waals surface area contributed by atoms with Crippen LogP contribution in [-0.4, -0.2) is 46.5 Å². The van der Waals surface area contributed by atoms with Gasteiger partial charge in [-0.3, -0.25) is 19.1 Å². The number of ether oxygens (including phenoxy) is 1. The molecule has 11 heteroatoms. The second kappa shape index (κ2) is 10.3. The number of hydrogen-bond acceptors (Lipinski definition) is 8. The summed E-state index contributed by atoms with van der Waals surface area (Å²) in [5.74, 6) is 0.249. The number of carbonyl (C=O) groups excluding carboxylic acids is 1. The van der Waals surface area contributed by atoms with Crippen molar-refractivity contribution in [3.8, 4) is 0 Å². The van der Waals surface area contributed by atoms with Crippen molar-refractivity contribution in [2.24, 2.45) is 0 Å². The van der Waals surface area contributed by atoms with Crippen LogP contribution in [0.5, 0.6) is 0 Å². The molecule has 0 unspecified atom stereocenters. The van der Waals surface area contributed by atoms with Gasteiger partial charge in [-0.1, -0.05) is 25.1 Å². The summed E-state index contributed by atoms with van der Waals surface area (Å²) >= 11 is 1.12. The maximum absolute atomic E-state index is 12.9. The summed E-state index contributed by atoms with van der Waals surface area (Å²) in [6, 6.07) is 0. The van der Waals surface area contributed by atoms with Gasteiger partial charge in [-0.25, -0.2) is 9.78 Å². The number of nitrogens with two attached hydrogens (primary N) is 1. The number of nitrogen functional groups attached to an aromatic ring is 1. The minimum Gasteiger partial charge on any atom is -0.437 e. The molecule has 1 amide bonds. The first-order valence-electron chi connectivity index (χ1n) is 9.28. The molecule has 29 heavy (non-hydrogen) atoms. The Morgan fingerprint density at radius 1 is 1.38 bits per heavy atom. The Morgan fingerprint density at radius 2 is 2.10 bits per heavy atom. The van der Waals surface area contributed by atoms with Crippen LogP contribution in [0.1, 0.15) is 31.2 Å². The zero-order valence-electron chi connectivity index (χ0n) is 17.1. The monoisotopic (exact) mass is 425 g/mol. The fourth-order valence-corrected chi connectivity index (χ4v) is 3.41. The van der Waals surface area contributed by atoms with Crippen LogP contribution in [0, 0.1) is 13.8 Å². The summed E-state index contributed by atoms with van der Waals surface area (Å²) in [5.41, 5.74) is 5.53. The number of aromatic amines is 1. The first kappa shape index (κ1) is 22.8. The third-order valence-corrected chi connectivity index (χ3v) is 5.18. The van der Waals surface area contributed by atoms with Gasteiger partial charge in [0.2, 0.25) is 5.91 Å². The zero-order chi connectivity index (χ0) is 21.6. The maximum Gasteiger partial charge on any atom is 0.330 e. The van der Waals surface area contributed by atoms with Gasteiger partial charge in [-0.05, 0) is 20.3 Å². The second-order valence-corrected chi connectivity index (χ2v) is 7.37. The molecule has 3 N–H and O–H groups in total. The number of anilines is 2. The van der Waals surface area contributed by atoms with Crippen molar-refractivity contribution in [2.45, 2.75) is 45.4 Å². The van der Waals surface area contributed by atoms with E-state index in [-0.39, 0.29) is 36.3 Å². The van der Waals surface area contributed by atoms with Gasteiger partial charge < -0.3 is 19.8 Å². The number of unbranched alkanes of at least 4 members (excludes halogenated alkanes) is 1. The standard InChI is InChI=1S/C18H27N5O5S/c1-5-6-7-23-15(19)14(16(25)21-17(23)26)22(8-9-27-4)13(24)10-29-18-20-11(2)12(3)28-18/h5-10,19H2,1-4H3,(H,21,25,26). The van der Waals surface area contributed by atoms with Crippen LogP contribution in [-0.2, 0) is 16.1 Å². The van der Waals surface area contributed by atoms with Crippen LogP contribution in [0.2, 0.25) is 0 Å².